The summed E-state index contributed by atoms with van der Waals surface area (Å²) in [4.78, 5) is 6.54. The van der Waals surface area contributed by atoms with Crippen LogP contribution in [0.2, 0.25) is 0 Å². The highest BCUT2D eigenvalue weighted by Gasteiger charge is 2.31. The van der Waals surface area contributed by atoms with Gasteiger partial charge in [0.05, 0.1) is 0 Å². The predicted octanol–water partition coefficient (Wildman–Crippen LogP) is 3.05. The molecule has 0 saturated heterocycles. The number of fused-ring (bicyclic) bond motifs is 1. The van der Waals surface area contributed by atoms with Gasteiger partial charge in [-0.3, -0.25) is 4.98 Å². The second kappa shape index (κ2) is 4.16. The summed E-state index contributed by atoms with van der Waals surface area (Å²) in [6.07, 6.45) is 6.41. The SMILES string of the molecule is CC(C1CC1)N(C)c1ccc(N)c2cnccc12. The monoisotopic (exact) mass is 241 g/mol. The van der Waals surface area contributed by atoms with Gasteiger partial charge in [0.25, 0.3) is 0 Å². The van der Waals surface area contributed by atoms with E-state index in [1.165, 1.54) is 23.9 Å². The normalized spacial score (nSPS) is 16.8. The Morgan fingerprint density at radius 2 is 2.06 bits per heavy atom. The summed E-state index contributed by atoms with van der Waals surface area (Å²) in [6.45, 7) is 2.31. The molecule has 0 amide bonds. The van der Waals surface area contributed by atoms with Crippen LogP contribution in [0.1, 0.15) is 19.8 Å². The molecule has 18 heavy (non-hydrogen) atoms. The van der Waals surface area contributed by atoms with E-state index in [0.717, 1.165) is 17.0 Å². The molecule has 1 atom stereocenters. The number of anilines is 2. The number of nitrogen functional groups attached to an aromatic ring is 1. The molecule has 0 spiro atoms. The van der Waals surface area contributed by atoms with Gasteiger partial charge in [0.1, 0.15) is 0 Å². The summed E-state index contributed by atoms with van der Waals surface area (Å²) in [5.74, 6) is 0.851. The molecule has 0 radical (unpaired) electrons. The highest BCUT2D eigenvalue weighted by Crippen LogP contribution is 2.38. The van der Waals surface area contributed by atoms with E-state index in [1.54, 1.807) is 0 Å². The van der Waals surface area contributed by atoms with Crippen molar-refractivity contribution in [1.82, 2.24) is 4.98 Å². The predicted molar refractivity (Wildman–Crippen MR) is 76.7 cm³/mol. The molecule has 3 rings (SSSR count). The zero-order valence-corrected chi connectivity index (χ0v) is 10.9. The summed E-state index contributed by atoms with van der Waals surface area (Å²) in [5.41, 5.74) is 8.07. The summed E-state index contributed by atoms with van der Waals surface area (Å²) in [5, 5.41) is 2.24. The van der Waals surface area contributed by atoms with Crippen molar-refractivity contribution in [3.8, 4) is 0 Å². The van der Waals surface area contributed by atoms with E-state index in [9.17, 15) is 0 Å². The van der Waals surface area contributed by atoms with Crippen LogP contribution in [0.15, 0.2) is 30.6 Å². The molecular weight excluding hydrogens is 222 g/mol. The molecule has 1 aliphatic rings. The Morgan fingerprint density at radius 1 is 1.28 bits per heavy atom. The Kier molecular flexibility index (Phi) is 2.62. The lowest BCUT2D eigenvalue weighted by Gasteiger charge is -2.28. The topological polar surface area (TPSA) is 42.1 Å². The third kappa shape index (κ3) is 1.80. The molecule has 1 fully saturated rings. The highest BCUT2D eigenvalue weighted by molar-refractivity contribution is 6.00. The van der Waals surface area contributed by atoms with E-state index in [4.69, 9.17) is 5.73 Å². The fourth-order valence-electron chi connectivity index (χ4n) is 2.62. The highest BCUT2D eigenvalue weighted by atomic mass is 15.1. The summed E-state index contributed by atoms with van der Waals surface area (Å²) in [7, 11) is 2.17. The zero-order chi connectivity index (χ0) is 12.7. The Labute approximate surface area is 108 Å². The molecule has 3 heteroatoms. The van der Waals surface area contributed by atoms with Gasteiger partial charge in [0, 0.05) is 47.6 Å². The summed E-state index contributed by atoms with van der Waals surface area (Å²) in [6, 6.07) is 6.74. The first-order valence-electron chi connectivity index (χ1n) is 6.53. The molecule has 0 bridgehead atoms. The third-order valence-electron chi connectivity index (χ3n) is 4.12. The minimum atomic E-state index is 0.588. The number of hydrogen-bond donors (Lipinski definition) is 1. The Bertz CT molecular complexity index is 575. The molecule has 2 aromatic rings. The van der Waals surface area contributed by atoms with Crippen LogP contribution in [-0.2, 0) is 0 Å². The molecule has 2 N–H and O–H groups in total. The minimum absolute atomic E-state index is 0.588. The van der Waals surface area contributed by atoms with E-state index in [0.29, 0.717) is 6.04 Å². The van der Waals surface area contributed by atoms with Crippen LogP contribution in [0.3, 0.4) is 0 Å². The van der Waals surface area contributed by atoms with Crippen LogP contribution in [0, 0.1) is 5.92 Å². The van der Waals surface area contributed by atoms with E-state index >= 15 is 0 Å². The van der Waals surface area contributed by atoms with Crippen molar-refractivity contribution in [3.05, 3.63) is 30.6 Å². The van der Waals surface area contributed by atoms with Gasteiger partial charge in [-0.25, -0.2) is 0 Å². The lowest BCUT2D eigenvalue weighted by molar-refractivity contribution is 0.610. The first kappa shape index (κ1) is 11.3. The Balaban J connectivity index is 2.08. The van der Waals surface area contributed by atoms with E-state index in [1.807, 2.05) is 18.5 Å². The molecule has 94 valence electrons. The smallest absolute Gasteiger partial charge is 0.0448 e. The summed E-state index contributed by atoms with van der Waals surface area (Å²) < 4.78 is 0. The maximum atomic E-state index is 6.01. The van der Waals surface area contributed by atoms with Gasteiger partial charge in [-0.2, -0.15) is 0 Å². The lowest BCUT2D eigenvalue weighted by atomic mass is 10.1. The second-order valence-corrected chi connectivity index (χ2v) is 5.28. The van der Waals surface area contributed by atoms with Crippen molar-refractivity contribution in [3.63, 3.8) is 0 Å². The van der Waals surface area contributed by atoms with Crippen LogP contribution in [-0.4, -0.2) is 18.1 Å². The van der Waals surface area contributed by atoms with E-state index in [-0.39, 0.29) is 0 Å². The van der Waals surface area contributed by atoms with Crippen molar-refractivity contribution in [2.24, 2.45) is 5.92 Å². The van der Waals surface area contributed by atoms with Crippen LogP contribution in [0.25, 0.3) is 10.8 Å². The third-order valence-corrected chi connectivity index (χ3v) is 4.12. The van der Waals surface area contributed by atoms with Crippen molar-refractivity contribution in [1.29, 1.82) is 0 Å². The number of hydrogen-bond acceptors (Lipinski definition) is 3. The zero-order valence-electron chi connectivity index (χ0n) is 10.9. The van der Waals surface area contributed by atoms with E-state index in [2.05, 4.69) is 36.0 Å². The number of benzene rings is 1. The first-order chi connectivity index (χ1) is 8.68. The van der Waals surface area contributed by atoms with Gasteiger partial charge in [-0.1, -0.05) is 0 Å². The standard InChI is InChI=1S/C15H19N3/c1-10(11-3-4-11)18(2)15-6-5-14(16)13-9-17-8-7-12(13)15/h5-11H,3-4,16H2,1-2H3. The molecule has 1 unspecified atom stereocenters. The van der Waals surface area contributed by atoms with Crippen molar-refractivity contribution in [2.75, 3.05) is 17.7 Å². The number of pyridine rings is 1. The molecule has 3 nitrogen and oxygen atoms in total. The summed E-state index contributed by atoms with van der Waals surface area (Å²) >= 11 is 0. The van der Waals surface area contributed by atoms with Crippen LogP contribution in [0.5, 0.6) is 0 Å². The van der Waals surface area contributed by atoms with Crippen molar-refractivity contribution < 1.29 is 0 Å². The van der Waals surface area contributed by atoms with Gasteiger partial charge >= 0.3 is 0 Å². The quantitative estimate of drug-likeness (QED) is 0.840. The van der Waals surface area contributed by atoms with Crippen LogP contribution in [0.4, 0.5) is 11.4 Å². The molecule has 1 aromatic heterocycles. The average Bonchev–Trinajstić information content (AvgIpc) is 3.22. The Hall–Kier alpha value is -1.77. The number of aromatic nitrogens is 1. The van der Waals surface area contributed by atoms with Gasteiger partial charge in [0.2, 0.25) is 0 Å². The fourth-order valence-corrected chi connectivity index (χ4v) is 2.62. The maximum absolute atomic E-state index is 6.01. The average molecular weight is 241 g/mol. The van der Waals surface area contributed by atoms with Crippen molar-refractivity contribution >= 4 is 22.1 Å². The largest absolute Gasteiger partial charge is 0.398 e. The number of nitrogens with zero attached hydrogens (tertiary/aromatic N) is 2. The van der Waals surface area contributed by atoms with E-state index < -0.39 is 0 Å². The Morgan fingerprint density at radius 3 is 2.78 bits per heavy atom. The molecular formula is C15H19N3. The number of rotatable bonds is 3. The molecule has 1 saturated carbocycles. The van der Waals surface area contributed by atoms with Gasteiger partial charge in [-0.05, 0) is 43.9 Å². The first-order valence-corrected chi connectivity index (χ1v) is 6.53. The molecule has 0 aliphatic heterocycles. The second-order valence-electron chi connectivity index (χ2n) is 5.28. The van der Waals surface area contributed by atoms with Gasteiger partial charge in [-0.15, -0.1) is 0 Å². The fraction of sp³-hybridized carbons (Fsp3) is 0.400. The molecule has 1 aliphatic carbocycles. The van der Waals surface area contributed by atoms with Crippen molar-refractivity contribution in [2.45, 2.75) is 25.8 Å². The maximum Gasteiger partial charge on any atom is 0.0448 e. The molecule has 1 heterocycles. The lowest BCUT2D eigenvalue weighted by Crippen LogP contribution is -2.30. The van der Waals surface area contributed by atoms with Gasteiger partial charge in [0.15, 0.2) is 0 Å². The molecule has 1 aromatic carbocycles. The van der Waals surface area contributed by atoms with Crippen LogP contribution >= 0.6 is 0 Å². The number of nitrogens with two attached hydrogens (primary N) is 1. The van der Waals surface area contributed by atoms with Crippen LogP contribution < -0.4 is 10.6 Å². The minimum Gasteiger partial charge on any atom is -0.398 e. The van der Waals surface area contributed by atoms with Gasteiger partial charge < -0.3 is 10.6 Å².